The van der Waals surface area contributed by atoms with Gasteiger partial charge in [0.2, 0.25) is 0 Å². The van der Waals surface area contributed by atoms with Crippen molar-refractivity contribution >= 4 is 32.7 Å². The molecule has 0 saturated carbocycles. The highest BCUT2D eigenvalue weighted by Crippen LogP contribution is 2.34. The van der Waals surface area contributed by atoms with E-state index in [0.29, 0.717) is 15.2 Å². The van der Waals surface area contributed by atoms with Crippen molar-refractivity contribution in [1.29, 1.82) is 0 Å². The number of aromatic nitrogens is 2. The van der Waals surface area contributed by atoms with Crippen LogP contribution in [-0.2, 0) is 4.74 Å². The molecule has 0 atom stereocenters. The fraction of sp³-hybridized carbons (Fsp3) is 0.0625. The van der Waals surface area contributed by atoms with E-state index in [4.69, 9.17) is 0 Å². The average molecular weight is 379 g/mol. The van der Waals surface area contributed by atoms with E-state index in [9.17, 15) is 13.6 Å². The van der Waals surface area contributed by atoms with Crippen LogP contribution in [-0.4, -0.2) is 23.0 Å². The van der Waals surface area contributed by atoms with Gasteiger partial charge >= 0.3 is 5.97 Å². The highest BCUT2D eigenvalue weighted by molar-refractivity contribution is 9.10. The Labute approximate surface area is 138 Å². The summed E-state index contributed by atoms with van der Waals surface area (Å²) >= 11 is 3.34. The lowest BCUT2D eigenvalue weighted by Gasteiger charge is -2.10. The smallest absolute Gasteiger partial charge is 0.337 e. The Morgan fingerprint density at radius 1 is 1.13 bits per heavy atom. The highest BCUT2D eigenvalue weighted by Gasteiger charge is 2.18. The van der Waals surface area contributed by atoms with E-state index in [1.165, 1.54) is 19.4 Å². The summed E-state index contributed by atoms with van der Waals surface area (Å²) in [7, 11) is 1.26. The number of rotatable bonds is 2. The van der Waals surface area contributed by atoms with Crippen molar-refractivity contribution < 1.29 is 18.3 Å². The van der Waals surface area contributed by atoms with Crippen LogP contribution >= 0.6 is 15.9 Å². The maximum Gasteiger partial charge on any atom is 0.337 e. The van der Waals surface area contributed by atoms with Gasteiger partial charge in [0.15, 0.2) is 11.6 Å². The van der Waals surface area contributed by atoms with E-state index in [1.807, 2.05) is 0 Å². The van der Waals surface area contributed by atoms with Crippen molar-refractivity contribution in [2.24, 2.45) is 0 Å². The monoisotopic (exact) mass is 378 g/mol. The van der Waals surface area contributed by atoms with E-state index in [-0.39, 0.29) is 16.8 Å². The van der Waals surface area contributed by atoms with Crippen molar-refractivity contribution in [1.82, 2.24) is 9.97 Å². The first-order valence-corrected chi connectivity index (χ1v) is 7.28. The first kappa shape index (κ1) is 15.5. The summed E-state index contributed by atoms with van der Waals surface area (Å²) < 4.78 is 33.4. The largest absolute Gasteiger partial charge is 0.465 e. The highest BCUT2D eigenvalue weighted by atomic mass is 79.9. The molecule has 0 bridgehead atoms. The number of carbonyl (C=O) groups is 1. The maximum absolute atomic E-state index is 14.0. The van der Waals surface area contributed by atoms with E-state index in [0.717, 1.165) is 12.4 Å². The number of pyridine rings is 2. The number of hydrogen-bond donors (Lipinski definition) is 0. The van der Waals surface area contributed by atoms with Gasteiger partial charge in [0.25, 0.3) is 0 Å². The Morgan fingerprint density at radius 2 is 1.83 bits per heavy atom. The van der Waals surface area contributed by atoms with E-state index in [1.54, 1.807) is 12.1 Å². The zero-order valence-electron chi connectivity index (χ0n) is 11.8. The van der Waals surface area contributed by atoms with Crippen LogP contribution in [0.5, 0.6) is 0 Å². The molecule has 23 heavy (non-hydrogen) atoms. The van der Waals surface area contributed by atoms with Crippen LogP contribution in [0.2, 0.25) is 0 Å². The summed E-state index contributed by atoms with van der Waals surface area (Å²) in [6.45, 7) is 0. The second kappa shape index (κ2) is 6.00. The van der Waals surface area contributed by atoms with Crippen molar-refractivity contribution in [2.45, 2.75) is 0 Å². The van der Waals surface area contributed by atoms with E-state index in [2.05, 4.69) is 30.6 Å². The van der Waals surface area contributed by atoms with Gasteiger partial charge in [-0.3, -0.25) is 9.97 Å². The summed E-state index contributed by atoms with van der Waals surface area (Å²) in [5.41, 5.74) is 0.0573. The molecule has 0 aliphatic rings. The molecule has 0 radical (unpaired) electrons. The van der Waals surface area contributed by atoms with Gasteiger partial charge in [-0.15, -0.1) is 0 Å². The minimum atomic E-state index is -0.829. The molecule has 0 aliphatic heterocycles. The Bertz CT molecular complexity index is 911. The average Bonchev–Trinajstić information content (AvgIpc) is 2.55. The molecule has 4 nitrogen and oxygen atoms in total. The number of fused-ring (bicyclic) bond motifs is 1. The van der Waals surface area contributed by atoms with E-state index < -0.39 is 17.6 Å². The number of methoxy groups -OCH3 is 1. The summed E-state index contributed by atoms with van der Waals surface area (Å²) in [4.78, 5) is 19.3. The summed E-state index contributed by atoms with van der Waals surface area (Å²) in [6.07, 6.45) is 3.28. The molecule has 1 aromatic carbocycles. The fourth-order valence-corrected chi connectivity index (χ4v) is 2.74. The molecule has 3 aromatic rings. The SMILES string of the molecule is COC(=O)c1ccc2c(Br)cnc(-c3c(F)cncc3F)c2c1. The predicted octanol–water partition coefficient (Wildman–Crippen LogP) is 4.12. The van der Waals surface area contributed by atoms with Gasteiger partial charge < -0.3 is 4.74 Å². The minimum absolute atomic E-state index is 0.0892. The number of halogens is 3. The molecule has 0 fully saturated rings. The molecule has 0 amide bonds. The molecule has 3 rings (SSSR count). The van der Waals surface area contributed by atoms with Crippen LogP contribution < -0.4 is 0 Å². The lowest BCUT2D eigenvalue weighted by Crippen LogP contribution is -2.02. The molecule has 116 valence electrons. The van der Waals surface area contributed by atoms with Gasteiger partial charge in [-0.1, -0.05) is 6.07 Å². The number of hydrogen-bond acceptors (Lipinski definition) is 4. The standard InChI is InChI=1S/C16H9BrF2N2O2/c1-23-16(22)8-2-3-9-10(4-8)15(21-5-11(9)17)14-12(18)6-20-7-13(14)19/h2-7H,1H3. The second-order valence-electron chi connectivity index (χ2n) is 4.68. The van der Waals surface area contributed by atoms with Crippen molar-refractivity contribution in [3.05, 3.63) is 58.5 Å². The van der Waals surface area contributed by atoms with Crippen LogP contribution in [0.4, 0.5) is 8.78 Å². The number of benzene rings is 1. The van der Waals surface area contributed by atoms with Crippen LogP contribution in [0.25, 0.3) is 22.0 Å². The number of nitrogens with zero attached hydrogens (tertiary/aromatic N) is 2. The molecule has 2 aromatic heterocycles. The Morgan fingerprint density at radius 3 is 2.48 bits per heavy atom. The Kier molecular flexibility index (Phi) is 4.04. The van der Waals surface area contributed by atoms with Gasteiger partial charge in [0.05, 0.1) is 36.3 Å². The Hall–Kier alpha value is -2.41. The number of ether oxygens (including phenoxy) is 1. The quantitative estimate of drug-likeness (QED) is 0.629. The zero-order valence-corrected chi connectivity index (χ0v) is 13.4. The zero-order chi connectivity index (χ0) is 16.6. The predicted molar refractivity (Wildman–Crippen MR) is 83.9 cm³/mol. The second-order valence-corrected chi connectivity index (χ2v) is 5.54. The van der Waals surface area contributed by atoms with Gasteiger partial charge in [0, 0.05) is 16.1 Å². The van der Waals surface area contributed by atoms with Crippen molar-refractivity contribution in [3.63, 3.8) is 0 Å². The third-order valence-corrected chi connectivity index (χ3v) is 3.98. The summed E-state index contributed by atoms with van der Waals surface area (Å²) in [6, 6.07) is 4.73. The Balaban J connectivity index is 2.37. The van der Waals surface area contributed by atoms with Gasteiger partial charge in [-0.25, -0.2) is 13.6 Å². The maximum atomic E-state index is 14.0. The van der Waals surface area contributed by atoms with Crippen LogP contribution in [0, 0.1) is 11.6 Å². The normalized spacial score (nSPS) is 10.8. The van der Waals surface area contributed by atoms with Crippen molar-refractivity contribution in [3.8, 4) is 11.3 Å². The first-order chi connectivity index (χ1) is 11.0. The van der Waals surface area contributed by atoms with Gasteiger partial charge in [-0.05, 0) is 33.4 Å². The molecule has 2 heterocycles. The molecule has 0 unspecified atom stereocenters. The molecule has 0 aliphatic carbocycles. The first-order valence-electron chi connectivity index (χ1n) is 6.49. The molecule has 0 N–H and O–H groups in total. The number of carbonyl (C=O) groups excluding carboxylic acids is 1. The number of esters is 1. The van der Waals surface area contributed by atoms with Crippen molar-refractivity contribution in [2.75, 3.05) is 7.11 Å². The molecule has 0 spiro atoms. The minimum Gasteiger partial charge on any atom is -0.465 e. The third-order valence-electron chi connectivity index (χ3n) is 3.35. The summed E-state index contributed by atoms with van der Waals surface area (Å²) in [5, 5.41) is 1.09. The third kappa shape index (κ3) is 2.68. The topological polar surface area (TPSA) is 52.1 Å². The van der Waals surface area contributed by atoms with Crippen LogP contribution in [0.15, 0.2) is 41.3 Å². The van der Waals surface area contributed by atoms with Crippen LogP contribution in [0.1, 0.15) is 10.4 Å². The molecular weight excluding hydrogens is 370 g/mol. The summed E-state index contributed by atoms with van der Waals surface area (Å²) in [5.74, 6) is -2.21. The van der Waals surface area contributed by atoms with Gasteiger partial charge in [0.1, 0.15) is 0 Å². The molecule has 0 saturated heterocycles. The lowest BCUT2D eigenvalue weighted by atomic mass is 10.0. The fourth-order valence-electron chi connectivity index (χ4n) is 2.29. The van der Waals surface area contributed by atoms with Gasteiger partial charge in [-0.2, -0.15) is 0 Å². The van der Waals surface area contributed by atoms with Crippen LogP contribution in [0.3, 0.4) is 0 Å². The molecule has 7 heteroatoms. The van der Waals surface area contributed by atoms with E-state index >= 15 is 0 Å². The molecular formula is C16H9BrF2N2O2. The lowest BCUT2D eigenvalue weighted by molar-refractivity contribution is 0.0601.